The molecule has 0 spiro atoms. The highest BCUT2D eigenvalue weighted by Gasteiger charge is 1.93. The Balaban J connectivity index is 2.97. The van der Waals surface area contributed by atoms with Crippen LogP contribution >= 0.6 is 15.9 Å². The molecular weight excluding hydrogens is 216 g/mol. The Kier molecular flexibility index (Phi) is 3.33. The fourth-order valence-electron chi connectivity index (χ4n) is 0.864. The van der Waals surface area contributed by atoms with Crippen LogP contribution in [-0.4, -0.2) is 11.7 Å². The molecule has 0 unspecified atom stereocenters. The van der Waals surface area contributed by atoms with E-state index in [0.29, 0.717) is 0 Å². The van der Waals surface area contributed by atoms with E-state index < -0.39 is 0 Å². The third-order valence-corrected chi connectivity index (χ3v) is 2.36. The fraction of sp³-hybridized carbons (Fsp3) is 0.200. The molecule has 12 heavy (non-hydrogen) atoms. The summed E-state index contributed by atoms with van der Waals surface area (Å²) in [4.78, 5) is 0. The van der Waals surface area contributed by atoms with Crippen LogP contribution in [0, 0.1) is 18.8 Å². The minimum absolute atomic E-state index is 0.0882. The fourth-order valence-corrected chi connectivity index (χ4v) is 1.11. The molecule has 0 aliphatic heterocycles. The van der Waals surface area contributed by atoms with Crippen molar-refractivity contribution < 1.29 is 5.11 Å². The van der Waals surface area contributed by atoms with Crippen LogP contribution in [0.4, 0.5) is 0 Å². The van der Waals surface area contributed by atoms with Gasteiger partial charge in [-0.2, -0.15) is 0 Å². The number of aliphatic hydroxyl groups excluding tert-OH is 1. The summed E-state index contributed by atoms with van der Waals surface area (Å²) in [6.07, 6.45) is 0. The summed E-state index contributed by atoms with van der Waals surface area (Å²) < 4.78 is 1.08. The molecule has 1 aromatic carbocycles. The van der Waals surface area contributed by atoms with Gasteiger partial charge in [-0.15, -0.1) is 0 Å². The Labute approximate surface area is 80.6 Å². The largest absolute Gasteiger partial charge is 0.384 e. The summed E-state index contributed by atoms with van der Waals surface area (Å²) in [5.74, 6) is 5.44. The van der Waals surface area contributed by atoms with Gasteiger partial charge in [-0.3, -0.25) is 0 Å². The van der Waals surface area contributed by atoms with Gasteiger partial charge >= 0.3 is 0 Å². The molecule has 0 saturated heterocycles. The van der Waals surface area contributed by atoms with E-state index in [1.807, 2.05) is 25.1 Å². The van der Waals surface area contributed by atoms with Crippen LogP contribution in [0.15, 0.2) is 22.7 Å². The lowest BCUT2D eigenvalue weighted by atomic mass is 10.1. The summed E-state index contributed by atoms with van der Waals surface area (Å²) in [5, 5.41) is 8.47. The van der Waals surface area contributed by atoms with E-state index in [1.54, 1.807) is 0 Å². The molecule has 2 heteroatoms. The average Bonchev–Trinajstić information content (AvgIpc) is 2.07. The van der Waals surface area contributed by atoms with Crippen LogP contribution in [0.1, 0.15) is 11.1 Å². The van der Waals surface area contributed by atoms with Crippen LogP contribution < -0.4 is 0 Å². The van der Waals surface area contributed by atoms with E-state index in [4.69, 9.17) is 5.11 Å². The Hall–Kier alpha value is -0.780. The van der Waals surface area contributed by atoms with Crippen molar-refractivity contribution in [1.82, 2.24) is 0 Å². The maximum Gasteiger partial charge on any atom is 0.104 e. The van der Waals surface area contributed by atoms with E-state index >= 15 is 0 Å². The van der Waals surface area contributed by atoms with Gasteiger partial charge in [0.05, 0.1) is 0 Å². The van der Waals surface area contributed by atoms with Crippen LogP contribution in [0.25, 0.3) is 0 Å². The molecular formula is C10H9BrO. The maximum atomic E-state index is 8.47. The minimum Gasteiger partial charge on any atom is -0.384 e. The number of hydrogen-bond donors (Lipinski definition) is 1. The normalized spacial score (nSPS) is 8.92. The molecule has 0 aromatic heterocycles. The molecule has 0 saturated carbocycles. The first kappa shape index (κ1) is 9.31. The van der Waals surface area contributed by atoms with E-state index in [0.717, 1.165) is 15.6 Å². The zero-order valence-electron chi connectivity index (χ0n) is 6.76. The number of aliphatic hydroxyl groups is 1. The number of hydrogen-bond acceptors (Lipinski definition) is 1. The van der Waals surface area contributed by atoms with Crippen molar-refractivity contribution in [1.29, 1.82) is 0 Å². The van der Waals surface area contributed by atoms with Crippen molar-refractivity contribution in [3.63, 3.8) is 0 Å². The molecule has 0 radical (unpaired) electrons. The molecule has 0 atom stereocenters. The summed E-state index contributed by atoms with van der Waals surface area (Å²) in [6.45, 7) is 1.92. The number of rotatable bonds is 0. The van der Waals surface area contributed by atoms with Gasteiger partial charge in [-0.05, 0) is 30.7 Å². The van der Waals surface area contributed by atoms with Crippen molar-refractivity contribution in [2.24, 2.45) is 0 Å². The quantitative estimate of drug-likeness (QED) is 0.670. The van der Waals surface area contributed by atoms with Crippen LogP contribution in [0.2, 0.25) is 0 Å². The zero-order valence-corrected chi connectivity index (χ0v) is 8.35. The average molecular weight is 225 g/mol. The summed E-state index contributed by atoms with van der Waals surface area (Å²) in [7, 11) is 0. The van der Waals surface area contributed by atoms with Gasteiger partial charge in [-0.25, -0.2) is 0 Å². The molecule has 0 aliphatic carbocycles. The molecule has 0 heterocycles. The highest BCUT2D eigenvalue weighted by atomic mass is 79.9. The van der Waals surface area contributed by atoms with Crippen molar-refractivity contribution >= 4 is 15.9 Å². The molecule has 1 rings (SSSR count). The van der Waals surface area contributed by atoms with Crippen molar-refractivity contribution in [3.8, 4) is 11.8 Å². The Morgan fingerprint density at radius 3 is 2.83 bits per heavy atom. The van der Waals surface area contributed by atoms with Crippen molar-refractivity contribution in [2.45, 2.75) is 6.92 Å². The smallest absolute Gasteiger partial charge is 0.104 e. The molecule has 1 nitrogen and oxygen atoms in total. The van der Waals surface area contributed by atoms with Crippen LogP contribution in [-0.2, 0) is 0 Å². The summed E-state index contributed by atoms with van der Waals surface area (Å²) >= 11 is 3.40. The van der Waals surface area contributed by atoms with E-state index in [2.05, 4.69) is 27.8 Å². The first-order chi connectivity index (χ1) is 5.74. The highest BCUT2D eigenvalue weighted by molar-refractivity contribution is 9.10. The third-order valence-electron chi connectivity index (χ3n) is 1.47. The lowest BCUT2D eigenvalue weighted by Crippen LogP contribution is -1.80. The summed E-state index contributed by atoms with van der Waals surface area (Å²) in [6, 6.07) is 5.85. The third kappa shape index (κ3) is 2.37. The zero-order chi connectivity index (χ0) is 8.97. The molecule has 0 bridgehead atoms. The molecule has 0 aliphatic rings. The molecule has 0 amide bonds. The highest BCUT2D eigenvalue weighted by Crippen LogP contribution is 2.16. The Morgan fingerprint density at radius 1 is 1.50 bits per heavy atom. The Bertz CT molecular complexity index is 333. The predicted molar refractivity (Wildman–Crippen MR) is 52.8 cm³/mol. The van der Waals surface area contributed by atoms with Gasteiger partial charge in [0, 0.05) is 10.0 Å². The maximum absolute atomic E-state index is 8.47. The van der Waals surface area contributed by atoms with Crippen LogP contribution in [0.5, 0.6) is 0 Å². The van der Waals surface area contributed by atoms with Gasteiger partial charge in [0.2, 0.25) is 0 Å². The first-order valence-electron chi connectivity index (χ1n) is 3.60. The molecule has 62 valence electrons. The predicted octanol–water partition coefficient (Wildman–Crippen LogP) is 2.10. The van der Waals surface area contributed by atoms with E-state index in [-0.39, 0.29) is 6.61 Å². The lowest BCUT2D eigenvalue weighted by molar-refractivity contribution is 0.350. The van der Waals surface area contributed by atoms with Crippen LogP contribution in [0.3, 0.4) is 0 Å². The topological polar surface area (TPSA) is 20.2 Å². The first-order valence-corrected chi connectivity index (χ1v) is 4.39. The second-order valence-corrected chi connectivity index (χ2v) is 3.28. The number of benzene rings is 1. The molecule has 0 fully saturated rings. The van der Waals surface area contributed by atoms with Gasteiger partial charge < -0.3 is 5.11 Å². The second-order valence-electron chi connectivity index (χ2n) is 2.42. The van der Waals surface area contributed by atoms with E-state index in [9.17, 15) is 0 Å². The SMILES string of the molecule is Cc1cc(C#CCO)ccc1Br. The monoisotopic (exact) mass is 224 g/mol. The minimum atomic E-state index is -0.0882. The van der Waals surface area contributed by atoms with Gasteiger partial charge in [0.1, 0.15) is 6.61 Å². The Morgan fingerprint density at radius 2 is 2.25 bits per heavy atom. The lowest BCUT2D eigenvalue weighted by Gasteiger charge is -1.96. The molecule has 1 N–H and O–H groups in total. The van der Waals surface area contributed by atoms with Gasteiger partial charge in [0.15, 0.2) is 0 Å². The summed E-state index contributed by atoms with van der Waals surface area (Å²) in [5.41, 5.74) is 2.09. The number of aryl methyl sites for hydroxylation is 1. The standard InChI is InChI=1S/C10H9BrO/c1-8-7-9(3-2-6-12)4-5-10(8)11/h4-5,7,12H,6H2,1H3. The second kappa shape index (κ2) is 4.30. The van der Waals surface area contributed by atoms with E-state index in [1.165, 1.54) is 0 Å². The van der Waals surface area contributed by atoms with Gasteiger partial charge in [0.25, 0.3) is 0 Å². The molecule has 1 aromatic rings. The van der Waals surface area contributed by atoms with Crippen molar-refractivity contribution in [2.75, 3.05) is 6.61 Å². The van der Waals surface area contributed by atoms with Gasteiger partial charge in [-0.1, -0.05) is 27.8 Å². The number of halogens is 1. The van der Waals surface area contributed by atoms with Crippen molar-refractivity contribution in [3.05, 3.63) is 33.8 Å².